The number of hydrogen-bond acceptors (Lipinski definition) is 3. The van der Waals surface area contributed by atoms with Crippen molar-refractivity contribution < 1.29 is 4.79 Å². The average Bonchev–Trinajstić information content (AvgIpc) is 2.85. The van der Waals surface area contributed by atoms with Crippen LogP contribution in [0.5, 0.6) is 0 Å². The number of amides is 1. The van der Waals surface area contributed by atoms with Gasteiger partial charge in [-0.2, -0.15) is 0 Å². The highest BCUT2D eigenvalue weighted by Gasteiger charge is 2.48. The first-order valence-corrected chi connectivity index (χ1v) is 9.37. The van der Waals surface area contributed by atoms with Gasteiger partial charge >= 0.3 is 0 Å². The topological polar surface area (TPSA) is 45.2 Å². The van der Waals surface area contributed by atoms with Crippen molar-refractivity contribution in [3.63, 3.8) is 0 Å². The molecule has 6 rings (SSSR count). The third kappa shape index (κ3) is 2.35. The number of fused-ring (bicyclic) bond motifs is 5. The molecule has 128 valence electrons. The predicted molar refractivity (Wildman–Crippen MR) is 98.8 cm³/mol. The van der Waals surface area contributed by atoms with Gasteiger partial charge in [-0.3, -0.25) is 4.79 Å². The minimum Gasteiger partial charge on any atom is -0.338 e. The fraction of sp³-hybridized carbons (Fsp3) is 0.429. The Morgan fingerprint density at radius 1 is 1.08 bits per heavy atom. The second kappa shape index (κ2) is 5.58. The Morgan fingerprint density at radius 3 is 2.64 bits per heavy atom. The summed E-state index contributed by atoms with van der Waals surface area (Å²) in [5.74, 6) is 2.03. The maximum atomic E-state index is 13.7. The van der Waals surface area contributed by atoms with Crippen molar-refractivity contribution in [2.24, 2.45) is 11.3 Å². The van der Waals surface area contributed by atoms with Crippen molar-refractivity contribution in [1.29, 1.82) is 0 Å². The molecule has 0 radical (unpaired) electrons. The van der Waals surface area contributed by atoms with Gasteiger partial charge in [0.05, 0.1) is 17.9 Å². The summed E-state index contributed by atoms with van der Waals surface area (Å²) in [7, 11) is 0. The Hall–Kier alpha value is -2.36. The lowest BCUT2D eigenvalue weighted by Crippen LogP contribution is -2.48. The third-order valence-corrected chi connectivity index (χ3v) is 6.46. The summed E-state index contributed by atoms with van der Waals surface area (Å²) >= 11 is 0. The maximum absolute atomic E-state index is 13.7. The van der Waals surface area contributed by atoms with E-state index in [-0.39, 0.29) is 5.41 Å². The molecule has 4 aliphatic rings. The van der Waals surface area contributed by atoms with Crippen molar-refractivity contribution in [1.82, 2.24) is 4.98 Å². The van der Waals surface area contributed by atoms with E-state index in [4.69, 9.17) is 0 Å². The van der Waals surface area contributed by atoms with E-state index in [0.717, 1.165) is 47.9 Å². The number of benzene rings is 1. The van der Waals surface area contributed by atoms with Crippen molar-refractivity contribution >= 4 is 23.1 Å². The molecule has 25 heavy (non-hydrogen) atoms. The van der Waals surface area contributed by atoms with Crippen LogP contribution >= 0.6 is 0 Å². The summed E-state index contributed by atoms with van der Waals surface area (Å²) in [5, 5.41) is 3.43. The van der Waals surface area contributed by atoms with E-state index >= 15 is 0 Å². The van der Waals surface area contributed by atoms with Crippen LogP contribution in [0.3, 0.4) is 0 Å². The molecule has 0 atom stereocenters. The Bertz CT molecular complexity index is 810. The number of carbonyl (C=O) groups is 1. The fourth-order valence-corrected chi connectivity index (χ4v) is 4.91. The molecule has 1 N–H and O–H groups in total. The predicted octanol–water partition coefficient (Wildman–Crippen LogP) is 4.64. The van der Waals surface area contributed by atoms with Gasteiger partial charge in [0.2, 0.25) is 5.91 Å². The SMILES string of the molecule is O=C(N1Cc2cccnc2Nc2ccccc21)C12CCC(CC1)CC2. The third-order valence-electron chi connectivity index (χ3n) is 6.46. The van der Waals surface area contributed by atoms with Gasteiger partial charge < -0.3 is 10.2 Å². The number of aromatic nitrogens is 1. The number of carbonyl (C=O) groups excluding carboxylic acids is 1. The van der Waals surface area contributed by atoms with E-state index in [2.05, 4.69) is 22.4 Å². The molecule has 1 amide bonds. The Balaban J connectivity index is 1.58. The van der Waals surface area contributed by atoms with Gasteiger partial charge in [-0.1, -0.05) is 18.2 Å². The lowest BCUT2D eigenvalue weighted by molar-refractivity contribution is -0.134. The first kappa shape index (κ1) is 14.9. The fourth-order valence-electron chi connectivity index (χ4n) is 4.91. The second-order valence-corrected chi connectivity index (χ2v) is 7.81. The van der Waals surface area contributed by atoms with Crippen LogP contribution in [0.25, 0.3) is 0 Å². The van der Waals surface area contributed by atoms with Gasteiger partial charge in [-0.05, 0) is 62.6 Å². The first-order valence-electron chi connectivity index (χ1n) is 9.37. The highest BCUT2D eigenvalue weighted by atomic mass is 16.2. The maximum Gasteiger partial charge on any atom is 0.233 e. The molecular formula is C21H23N3O. The van der Waals surface area contributed by atoms with Crippen LogP contribution in [0, 0.1) is 11.3 Å². The van der Waals surface area contributed by atoms with E-state index in [1.807, 2.05) is 29.2 Å². The van der Waals surface area contributed by atoms with Gasteiger partial charge in [-0.15, -0.1) is 0 Å². The van der Waals surface area contributed by atoms with E-state index in [9.17, 15) is 4.79 Å². The molecule has 1 aromatic heterocycles. The number of rotatable bonds is 1. The molecule has 3 saturated carbocycles. The molecular weight excluding hydrogens is 310 g/mol. The lowest BCUT2D eigenvalue weighted by Gasteiger charge is -2.47. The molecule has 1 aromatic carbocycles. The lowest BCUT2D eigenvalue weighted by atomic mass is 9.60. The molecule has 0 saturated heterocycles. The van der Waals surface area contributed by atoms with Gasteiger partial charge in [0.1, 0.15) is 5.82 Å². The van der Waals surface area contributed by atoms with E-state index in [0.29, 0.717) is 12.5 Å². The van der Waals surface area contributed by atoms with Gasteiger partial charge in [0.25, 0.3) is 0 Å². The summed E-state index contributed by atoms with van der Waals surface area (Å²) in [4.78, 5) is 20.2. The van der Waals surface area contributed by atoms with E-state index < -0.39 is 0 Å². The van der Waals surface area contributed by atoms with Gasteiger partial charge in [-0.25, -0.2) is 4.98 Å². The van der Waals surface area contributed by atoms with Gasteiger partial charge in [0.15, 0.2) is 0 Å². The Labute approximate surface area is 148 Å². The molecule has 0 unspecified atom stereocenters. The molecule has 2 bridgehead atoms. The van der Waals surface area contributed by atoms with E-state index in [1.165, 1.54) is 19.3 Å². The first-order chi connectivity index (χ1) is 12.3. The zero-order valence-electron chi connectivity index (χ0n) is 14.4. The van der Waals surface area contributed by atoms with Crippen molar-refractivity contribution in [2.45, 2.75) is 45.1 Å². The van der Waals surface area contributed by atoms with Crippen molar-refractivity contribution in [3.05, 3.63) is 48.2 Å². The molecule has 1 aliphatic heterocycles. The Kier molecular flexibility index (Phi) is 3.34. The highest BCUT2D eigenvalue weighted by Crippen LogP contribution is 2.52. The van der Waals surface area contributed by atoms with E-state index in [1.54, 1.807) is 6.20 Å². The second-order valence-electron chi connectivity index (χ2n) is 7.81. The van der Waals surface area contributed by atoms with Crippen LogP contribution in [0.1, 0.15) is 44.1 Å². The number of nitrogens with zero attached hydrogens (tertiary/aromatic N) is 2. The minimum absolute atomic E-state index is 0.144. The quantitative estimate of drug-likeness (QED) is 0.827. The minimum atomic E-state index is -0.144. The molecule has 3 aliphatic carbocycles. The average molecular weight is 333 g/mol. The van der Waals surface area contributed by atoms with Crippen molar-refractivity contribution in [3.8, 4) is 0 Å². The van der Waals surface area contributed by atoms with Crippen LogP contribution in [0.15, 0.2) is 42.6 Å². The van der Waals surface area contributed by atoms with Gasteiger partial charge in [0, 0.05) is 17.2 Å². The summed E-state index contributed by atoms with van der Waals surface area (Å²) in [6.07, 6.45) is 8.63. The number of nitrogens with one attached hydrogen (secondary N) is 1. The number of hydrogen-bond donors (Lipinski definition) is 1. The zero-order valence-corrected chi connectivity index (χ0v) is 14.4. The van der Waals surface area contributed by atoms with Crippen LogP contribution < -0.4 is 10.2 Å². The molecule has 2 heterocycles. The monoisotopic (exact) mass is 333 g/mol. The standard InChI is InChI=1S/C21H23N3O/c25-20(21-10-7-15(8-11-21)9-12-21)24-14-16-4-3-13-22-19(16)23-17-5-1-2-6-18(17)24/h1-6,13,15H,7-12,14H2,(H,22,23). The smallest absolute Gasteiger partial charge is 0.233 e. The molecule has 3 fully saturated rings. The molecule has 0 spiro atoms. The summed E-state index contributed by atoms with van der Waals surface area (Å²) in [6, 6.07) is 12.1. The summed E-state index contributed by atoms with van der Waals surface area (Å²) in [5.41, 5.74) is 2.88. The zero-order chi connectivity index (χ0) is 16.9. The molecule has 4 heteroatoms. The summed E-state index contributed by atoms with van der Waals surface area (Å²) in [6.45, 7) is 0.594. The normalized spacial score (nSPS) is 27.0. The number of anilines is 3. The molecule has 4 nitrogen and oxygen atoms in total. The largest absolute Gasteiger partial charge is 0.338 e. The summed E-state index contributed by atoms with van der Waals surface area (Å²) < 4.78 is 0. The number of pyridine rings is 1. The highest BCUT2D eigenvalue weighted by molar-refractivity contribution is 6.01. The van der Waals surface area contributed by atoms with Crippen LogP contribution in [-0.2, 0) is 11.3 Å². The number of para-hydroxylation sites is 2. The van der Waals surface area contributed by atoms with Crippen LogP contribution in [0.2, 0.25) is 0 Å². The molecule has 2 aromatic rings. The van der Waals surface area contributed by atoms with Crippen molar-refractivity contribution in [2.75, 3.05) is 10.2 Å². The Morgan fingerprint density at radius 2 is 1.84 bits per heavy atom. The van der Waals surface area contributed by atoms with Crippen LogP contribution in [-0.4, -0.2) is 10.9 Å². The van der Waals surface area contributed by atoms with Crippen LogP contribution in [0.4, 0.5) is 17.2 Å².